The number of aryl methyl sites for hydroxylation is 1. The molecule has 0 atom stereocenters. The van der Waals surface area contributed by atoms with Crippen molar-refractivity contribution in [1.29, 1.82) is 0 Å². The maximum absolute atomic E-state index is 6.24. The summed E-state index contributed by atoms with van der Waals surface area (Å²) in [6.45, 7) is 2.19. The fraction of sp³-hybridized carbons (Fsp3) is 0.111. The molecule has 1 nitrogen and oxygen atoms in total. The van der Waals surface area contributed by atoms with Gasteiger partial charge in [0.15, 0.2) is 0 Å². The lowest BCUT2D eigenvalue weighted by Gasteiger charge is -2.14. The summed E-state index contributed by atoms with van der Waals surface area (Å²) in [6.07, 6.45) is 1.01. The summed E-state index contributed by atoms with van der Waals surface area (Å²) in [5, 5.41) is 7.78. The Hall–Kier alpha value is -2.28. The minimum Gasteiger partial charge on any atom is -0.398 e. The molecule has 0 aliphatic heterocycles. The number of benzene rings is 4. The van der Waals surface area contributed by atoms with Crippen LogP contribution in [0.5, 0.6) is 0 Å². The molecule has 0 heterocycles. The highest BCUT2D eigenvalue weighted by molar-refractivity contribution is 6.25. The van der Waals surface area contributed by atoms with Crippen molar-refractivity contribution in [3.63, 3.8) is 0 Å². The first-order valence-electron chi connectivity index (χ1n) is 6.74. The molecule has 19 heavy (non-hydrogen) atoms. The highest BCUT2D eigenvalue weighted by atomic mass is 14.6. The third kappa shape index (κ3) is 1.30. The van der Waals surface area contributed by atoms with Gasteiger partial charge in [-0.05, 0) is 45.0 Å². The molecule has 0 aromatic heterocycles. The van der Waals surface area contributed by atoms with Crippen molar-refractivity contribution >= 4 is 38.0 Å². The molecule has 0 saturated carbocycles. The lowest BCUT2D eigenvalue weighted by atomic mass is 9.90. The van der Waals surface area contributed by atoms with Crippen LogP contribution in [0, 0.1) is 0 Å². The average molecular weight is 245 g/mol. The quantitative estimate of drug-likeness (QED) is 0.381. The molecule has 0 amide bonds. The van der Waals surface area contributed by atoms with E-state index in [4.69, 9.17) is 5.73 Å². The summed E-state index contributed by atoms with van der Waals surface area (Å²) in [5.74, 6) is 0. The maximum Gasteiger partial charge on any atom is 0.0397 e. The zero-order valence-corrected chi connectivity index (χ0v) is 10.9. The van der Waals surface area contributed by atoms with Gasteiger partial charge in [-0.2, -0.15) is 0 Å². The molecule has 0 saturated heterocycles. The van der Waals surface area contributed by atoms with Crippen LogP contribution in [-0.4, -0.2) is 0 Å². The Morgan fingerprint density at radius 1 is 0.842 bits per heavy atom. The van der Waals surface area contributed by atoms with Gasteiger partial charge in [0.05, 0.1) is 0 Å². The topological polar surface area (TPSA) is 26.0 Å². The van der Waals surface area contributed by atoms with Gasteiger partial charge >= 0.3 is 0 Å². The Morgan fingerprint density at radius 2 is 1.53 bits per heavy atom. The first-order chi connectivity index (χ1) is 9.29. The molecule has 4 aromatic carbocycles. The Bertz CT molecular complexity index is 890. The van der Waals surface area contributed by atoms with Gasteiger partial charge in [0, 0.05) is 11.1 Å². The highest BCUT2D eigenvalue weighted by Gasteiger charge is 2.11. The fourth-order valence-corrected chi connectivity index (χ4v) is 3.23. The van der Waals surface area contributed by atoms with Crippen molar-refractivity contribution in [2.75, 3.05) is 5.73 Å². The largest absolute Gasteiger partial charge is 0.398 e. The van der Waals surface area contributed by atoms with E-state index in [0.717, 1.165) is 12.1 Å². The van der Waals surface area contributed by atoms with Gasteiger partial charge in [-0.25, -0.2) is 0 Å². The molecule has 0 radical (unpaired) electrons. The van der Waals surface area contributed by atoms with Crippen LogP contribution >= 0.6 is 0 Å². The van der Waals surface area contributed by atoms with Crippen molar-refractivity contribution < 1.29 is 0 Å². The van der Waals surface area contributed by atoms with Gasteiger partial charge in [0.25, 0.3) is 0 Å². The molecular formula is C18H15N. The minimum atomic E-state index is 0.891. The summed E-state index contributed by atoms with van der Waals surface area (Å²) < 4.78 is 0. The third-order valence-electron chi connectivity index (χ3n) is 4.14. The van der Waals surface area contributed by atoms with Gasteiger partial charge in [-0.3, -0.25) is 0 Å². The number of rotatable bonds is 1. The van der Waals surface area contributed by atoms with Crippen LogP contribution in [0.15, 0.2) is 48.5 Å². The zero-order valence-electron chi connectivity index (χ0n) is 10.9. The second kappa shape index (κ2) is 3.61. The van der Waals surface area contributed by atoms with Gasteiger partial charge in [0.2, 0.25) is 0 Å². The molecule has 2 N–H and O–H groups in total. The summed E-state index contributed by atoms with van der Waals surface area (Å²) in [5.41, 5.74) is 8.47. The molecule has 0 spiro atoms. The van der Waals surface area contributed by atoms with Crippen LogP contribution in [0.1, 0.15) is 12.5 Å². The lowest BCUT2D eigenvalue weighted by Crippen LogP contribution is -1.94. The van der Waals surface area contributed by atoms with E-state index in [1.54, 1.807) is 0 Å². The molecule has 0 aliphatic carbocycles. The Morgan fingerprint density at radius 3 is 2.21 bits per heavy atom. The standard InChI is InChI=1S/C18H15N/c1-2-11-10-16(19)15-9-7-13-5-3-4-12-6-8-14(11)18(15)17(12)13/h3-10H,2,19H2,1H3. The third-order valence-corrected chi connectivity index (χ3v) is 4.14. The Labute approximate surface area is 112 Å². The molecule has 4 rings (SSSR count). The molecule has 0 unspecified atom stereocenters. The van der Waals surface area contributed by atoms with Crippen molar-refractivity contribution in [3.05, 3.63) is 54.1 Å². The van der Waals surface area contributed by atoms with E-state index in [0.29, 0.717) is 0 Å². The van der Waals surface area contributed by atoms with Crippen molar-refractivity contribution in [3.8, 4) is 0 Å². The van der Waals surface area contributed by atoms with Crippen LogP contribution in [0.4, 0.5) is 5.69 Å². The molecule has 0 fully saturated rings. The SMILES string of the molecule is CCc1cc(N)c2ccc3cccc4ccc1c2c34. The predicted molar refractivity (Wildman–Crippen MR) is 83.9 cm³/mol. The summed E-state index contributed by atoms with van der Waals surface area (Å²) in [7, 11) is 0. The Balaban J connectivity index is 2.41. The lowest BCUT2D eigenvalue weighted by molar-refractivity contribution is 1.16. The number of nitrogens with two attached hydrogens (primary N) is 1. The number of hydrogen-bond acceptors (Lipinski definition) is 1. The van der Waals surface area contributed by atoms with Crippen molar-refractivity contribution in [2.24, 2.45) is 0 Å². The Kier molecular flexibility index (Phi) is 2.02. The van der Waals surface area contributed by atoms with E-state index in [9.17, 15) is 0 Å². The number of hydrogen-bond donors (Lipinski definition) is 1. The van der Waals surface area contributed by atoms with Gasteiger partial charge in [0.1, 0.15) is 0 Å². The van der Waals surface area contributed by atoms with Crippen LogP contribution in [-0.2, 0) is 6.42 Å². The number of anilines is 1. The van der Waals surface area contributed by atoms with Crippen molar-refractivity contribution in [2.45, 2.75) is 13.3 Å². The smallest absolute Gasteiger partial charge is 0.0397 e. The predicted octanol–water partition coefficient (Wildman–Crippen LogP) is 4.73. The molecule has 0 bridgehead atoms. The fourth-order valence-electron chi connectivity index (χ4n) is 3.23. The van der Waals surface area contributed by atoms with E-state index in [-0.39, 0.29) is 0 Å². The van der Waals surface area contributed by atoms with Gasteiger partial charge in [-0.1, -0.05) is 49.4 Å². The molecule has 4 aromatic rings. The van der Waals surface area contributed by atoms with E-state index in [1.807, 2.05) is 0 Å². The normalized spacial score (nSPS) is 11.8. The summed E-state index contributed by atoms with van der Waals surface area (Å²) >= 11 is 0. The summed E-state index contributed by atoms with van der Waals surface area (Å²) in [4.78, 5) is 0. The van der Waals surface area contributed by atoms with Crippen LogP contribution in [0.25, 0.3) is 32.3 Å². The van der Waals surface area contributed by atoms with Gasteiger partial charge < -0.3 is 5.73 Å². The molecular weight excluding hydrogens is 230 g/mol. The average Bonchev–Trinajstić information content (AvgIpc) is 2.46. The van der Waals surface area contributed by atoms with E-state index in [1.165, 1.54) is 37.9 Å². The second-order valence-electron chi connectivity index (χ2n) is 5.16. The number of nitrogen functional groups attached to an aromatic ring is 1. The van der Waals surface area contributed by atoms with Crippen molar-refractivity contribution in [1.82, 2.24) is 0 Å². The van der Waals surface area contributed by atoms with E-state index >= 15 is 0 Å². The summed E-state index contributed by atoms with van der Waals surface area (Å²) in [6, 6.07) is 17.4. The van der Waals surface area contributed by atoms with Crippen LogP contribution in [0.3, 0.4) is 0 Å². The van der Waals surface area contributed by atoms with E-state index < -0.39 is 0 Å². The maximum atomic E-state index is 6.24. The monoisotopic (exact) mass is 245 g/mol. The second-order valence-corrected chi connectivity index (χ2v) is 5.16. The molecule has 92 valence electrons. The zero-order chi connectivity index (χ0) is 13.0. The first-order valence-corrected chi connectivity index (χ1v) is 6.74. The molecule has 0 aliphatic rings. The van der Waals surface area contributed by atoms with Crippen LogP contribution < -0.4 is 5.73 Å². The van der Waals surface area contributed by atoms with Gasteiger partial charge in [-0.15, -0.1) is 0 Å². The van der Waals surface area contributed by atoms with E-state index in [2.05, 4.69) is 55.5 Å². The highest BCUT2D eigenvalue weighted by Crippen LogP contribution is 2.38. The first kappa shape index (κ1) is 10.6. The molecule has 1 heteroatoms. The van der Waals surface area contributed by atoms with Crippen LogP contribution in [0.2, 0.25) is 0 Å². The minimum absolute atomic E-state index is 0.891.